The normalized spacial score (nSPS) is 13.3. The average Bonchev–Trinajstić information content (AvgIpc) is 3.08. The maximum absolute atomic E-state index is 13.0. The van der Waals surface area contributed by atoms with Crippen molar-refractivity contribution in [1.82, 2.24) is 0 Å². The molecule has 1 heterocycles. The van der Waals surface area contributed by atoms with Crippen LogP contribution in [0.1, 0.15) is 57.9 Å². The van der Waals surface area contributed by atoms with Gasteiger partial charge in [-0.05, 0) is 60.9 Å². The predicted molar refractivity (Wildman–Crippen MR) is 178 cm³/mol. The second kappa shape index (κ2) is 13.1. The largest absolute Gasteiger partial charge is 0.465 e. The summed E-state index contributed by atoms with van der Waals surface area (Å²) in [5, 5.41) is 0. The highest BCUT2D eigenvalue weighted by molar-refractivity contribution is 5.92. The van der Waals surface area contributed by atoms with E-state index < -0.39 is 0 Å². The Morgan fingerprint density at radius 2 is 1.23 bits per heavy atom. The van der Waals surface area contributed by atoms with E-state index in [0.717, 1.165) is 65.7 Å². The number of ether oxygens (including phenoxy) is 2. The molecular formula is C39H38N2O3. The van der Waals surface area contributed by atoms with Crippen molar-refractivity contribution in [2.75, 3.05) is 30.0 Å². The van der Waals surface area contributed by atoms with E-state index >= 15 is 0 Å². The Labute approximate surface area is 260 Å². The van der Waals surface area contributed by atoms with E-state index in [1.807, 2.05) is 36.4 Å². The molecule has 5 nitrogen and oxygen atoms in total. The van der Waals surface area contributed by atoms with Gasteiger partial charge in [0, 0.05) is 60.7 Å². The molecule has 1 aliphatic rings. The van der Waals surface area contributed by atoms with E-state index in [4.69, 9.17) is 9.47 Å². The molecule has 0 fully saturated rings. The number of carbonyl (C=O) groups is 1. The lowest BCUT2D eigenvalue weighted by molar-refractivity contribution is 0.0599. The fourth-order valence-electron chi connectivity index (χ4n) is 6.20. The highest BCUT2D eigenvalue weighted by atomic mass is 16.5. The standard InChI is InChI=1S/C39H38N2O3/c1-4-40(5-2)31-20-22-34-37(25-31)44-36-23-21-30(24-35(36)38(34)32-18-12-13-19-33(32)39(42)43-3)41(26-28-14-8-6-9-15-28)27-29-16-10-7-11-17-29/h6-25,38H,4-5,26-27H2,1-3H3. The second-order valence-electron chi connectivity index (χ2n) is 11.1. The van der Waals surface area contributed by atoms with E-state index in [1.54, 1.807) is 0 Å². The lowest BCUT2D eigenvalue weighted by Gasteiger charge is -2.33. The maximum Gasteiger partial charge on any atom is 0.338 e. The quantitative estimate of drug-likeness (QED) is 0.151. The Morgan fingerprint density at radius 3 is 1.86 bits per heavy atom. The third kappa shape index (κ3) is 5.91. The number of fused-ring (bicyclic) bond motifs is 2. The first-order chi connectivity index (χ1) is 21.6. The molecule has 5 aromatic carbocycles. The zero-order chi connectivity index (χ0) is 30.5. The summed E-state index contributed by atoms with van der Waals surface area (Å²) in [6.07, 6.45) is 0. The monoisotopic (exact) mass is 582 g/mol. The van der Waals surface area contributed by atoms with Crippen LogP contribution in [0.15, 0.2) is 121 Å². The van der Waals surface area contributed by atoms with E-state index in [2.05, 4.69) is 109 Å². The molecule has 5 heteroatoms. The van der Waals surface area contributed by atoms with Crippen molar-refractivity contribution >= 4 is 17.3 Å². The van der Waals surface area contributed by atoms with Gasteiger partial charge in [0.1, 0.15) is 11.5 Å². The Kier molecular flexibility index (Phi) is 8.64. The number of nitrogens with zero attached hydrogens (tertiary/aromatic N) is 2. The predicted octanol–water partition coefficient (Wildman–Crippen LogP) is 8.81. The summed E-state index contributed by atoms with van der Waals surface area (Å²) >= 11 is 0. The molecule has 6 rings (SSSR count). The summed E-state index contributed by atoms with van der Waals surface area (Å²) < 4.78 is 11.9. The zero-order valence-electron chi connectivity index (χ0n) is 25.6. The van der Waals surface area contributed by atoms with Gasteiger partial charge in [-0.2, -0.15) is 0 Å². The summed E-state index contributed by atoms with van der Waals surface area (Å²) in [5.41, 5.74) is 8.18. The first kappa shape index (κ1) is 29.1. The van der Waals surface area contributed by atoms with Gasteiger partial charge in [-0.3, -0.25) is 0 Å². The third-order valence-corrected chi connectivity index (χ3v) is 8.44. The lowest BCUT2D eigenvalue weighted by atomic mass is 9.80. The highest BCUT2D eigenvalue weighted by Crippen LogP contribution is 2.50. The summed E-state index contributed by atoms with van der Waals surface area (Å²) in [6, 6.07) is 41.8. The van der Waals surface area contributed by atoms with E-state index in [9.17, 15) is 4.79 Å². The highest BCUT2D eigenvalue weighted by Gasteiger charge is 2.33. The molecule has 1 unspecified atom stereocenters. The van der Waals surface area contributed by atoms with Crippen LogP contribution in [-0.2, 0) is 17.8 Å². The zero-order valence-corrected chi connectivity index (χ0v) is 25.6. The maximum atomic E-state index is 13.0. The molecule has 0 saturated heterocycles. The van der Waals surface area contributed by atoms with Crippen LogP contribution < -0.4 is 14.5 Å². The molecule has 1 atom stereocenters. The van der Waals surface area contributed by atoms with Gasteiger partial charge in [0.05, 0.1) is 12.7 Å². The minimum absolute atomic E-state index is 0.218. The molecule has 1 aliphatic heterocycles. The van der Waals surface area contributed by atoms with Gasteiger partial charge >= 0.3 is 5.97 Å². The molecule has 5 aromatic rings. The molecule has 0 bridgehead atoms. The van der Waals surface area contributed by atoms with Gasteiger partial charge < -0.3 is 19.3 Å². The molecule has 0 radical (unpaired) electrons. The van der Waals surface area contributed by atoms with E-state index in [-0.39, 0.29) is 11.9 Å². The van der Waals surface area contributed by atoms with E-state index in [0.29, 0.717) is 5.56 Å². The minimum Gasteiger partial charge on any atom is -0.465 e. The molecule has 44 heavy (non-hydrogen) atoms. The number of hydrogen-bond acceptors (Lipinski definition) is 5. The van der Waals surface area contributed by atoms with Crippen LogP contribution in [0.5, 0.6) is 11.5 Å². The number of carbonyl (C=O) groups excluding carboxylic acids is 1. The molecule has 0 N–H and O–H groups in total. The van der Waals surface area contributed by atoms with Crippen LogP contribution in [-0.4, -0.2) is 26.2 Å². The summed E-state index contributed by atoms with van der Waals surface area (Å²) in [4.78, 5) is 17.7. The number of benzene rings is 5. The minimum atomic E-state index is -0.346. The van der Waals surface area contributed by atoms with Crippen molar-refractivity contribution < 1.29 is 14.3 Å². The second-order valence-corrected chi connectivity index (χ2v) is 11.1. The molecule has 222 valence electrons. The van der Waals surface area contributed by atoms with Crippen molar-refractivity contribution in [2.24, 2.45) is 0 Å². The number of methoxy groups -OCH3 is 1. The molecule has 0 amide bonds. The summed E-state index contributed by atoms with van der Waals surface area (Å²) in [7, 11) is 1.44. The first-order valence-corrected chi connectivity index (χ1v) is 15.3. The smallest absolute Gasteiger partial charge is 0.338 e. The topological polar surface area (TPSA) is 42.0 Å². The van der Waals surface area contributed by atoms with Gasteiger partial charge in [-0.1, -0.05) is 84.9 Å². The van der Waals surface area contributed by atoms with Crippen LogP contribution in [0.2, 0.25) is 0 Å². The van der Waals surface area contributed by atoms with Gasteiger partial charge in [-0.25, -0.2) is 4.79 Å². The van der Waals surface area contributed by atoms with Crippen molar-refractivity contribution in [2.45, 2.75) is 32.9 Å². The molecule has 0 spiro atoms. The van der Waals surface area contributed by atoms with Gasteiger partial charge in [0.2, 0.25) is 0 Å². The number of rotatable bonds is 10. The molecule has 0 saturated carbocycles. The fraction of sp³-hybridized carbons (Fsp3) is 0.205. The number of esters is 1. The third-order valence-electron chi connectivity index (χ3n) is 8.44. The van der Waals surface area contributed by atoms with Crippen LogP contribution >= 0.6 is 0 Å². The molecule has 0 aliphatic carbocycles. The van der Waals surface area contributed by atoms with Crippen molar-refractivity contribution in [3.63, 3.8) is 0 Å². The Balaban J connectivity index is 1.49. The molecular weight excluding hydrogens is 544 g/mol. The van der Waals surface area contributed by atoms with Crippen LogP contribution in [0.4, 0.5) is 11.4 Å². The van der Waals surface area contributed by atoms with Gasteiger partial charge in [-0.15, -0.1) is 0 Å². The van der Waals surface area contributed by atoms with Crippen LogP contribution in [0.3, 0.4) is 0 Å². The SMILES string of the molecule is CCN(CC)c1ccc2c(c1)Oc1ccc(N(Cc3ccccc3)Cc3ccccc3)cc1C2c1ccccc1C(=O)OC. The van der Waals surface area contributed by atoms with Crippen molar-refractivity contribution in [3.05, 3.63) is 155 Å². The number of hydrogen-bond donors (Lipinski definition) is 0. The summed E-state index contributed by atoms with van der Waals surface area (Å²) in [6.45, 7) is 7.63. The number of anilines is 2. The molecule has 0 aromatic heterocycles. The van der Waals surface area contributed by atoms with Crippen molar-refractivity contribution in [1.29, 1.82) is 0 Å². The Bertz CT molecular complexity index is 1690. The van der Waals surface area contributed by atoms with Gasteiger partial charge in [0.15, 0.2) is 0 Å². The Hall–Kier alpha value is -5.03. The Morgan fingerprint density at radius 1 is 0.636 bits per heavy atom. The summed E-state index contributed by atoms with van der Waals surface area (Å²) in [5.74, 6) is 1.04. The van der Waals surface area contributed by atoms with Crippen LogP contribution in [0, 0.1) is 0 Å². The lowest BCUT2D eigenvalue weighted by Crippen LogP contribution is -2.23. The van der Waals surface area contributed by atoms with E-state index in [1.165, 1.54) is 18.2 Å². The van der Waals surface area contributed by atoms with Gasteiger partial charge in [0.25, 0.3) is 0 Å². The average molecular weight is 583 g/mol. The fourth-order valence-corrected chi connectivity index (χ4v) is 6.20. The first-order valence-electron chi connectivity index (χ1n) is 15.3. The van der Waals surface area contributed by atoms with Crippen molar-refractivity contribution in [3.8, 4) is 11.5 Å². The van der Waals surface area contributed by atoms with Crippen LogP contribution in [0.25, 0.3) is 0 Å².